The average molecular weight is 243 g/mol. The van der Waals surface area contributed by atoms with Crippen LogP contribution in [0.4, 0.5) is 0 Å². The number of aliphatic carboxylic acids is 1. The number of hydrogen-bond donors (Lipinski definition) is 2. The summed E-state index contributed by atoms with van der Waals surface area (Å²) in [6.07, 6.45) is 0. The van der Waals surface area contributed by atoms with Crippen LogP contribution in [0.15, 0.2) is 30.3 Å². The van der Waals surface area contributed by atoms with Crippen LogP contribution in [0.2, 0.25) is 0 Å². The molecule has 0 fully saturated rings. The van der Waals surface area contributed by atoms with Gasteiger partial charge in [-0.2, -0.15) is 0 Å². The standard InChI is InChI=1S/C10H14NO4P/c1-2-15-16(14,11-8-10(12)13)9-6-4-3-5-7-9/h3-7H,2,8H2,1H3,(H,11,14)(H,12,13). The first-order valence-corrected chi connectivity index (χ1v) is 6.48. The monoisotopic (exact) mass is 243 g/mol. The number of carboxylic acid groups (broad SMARTS) is 1. The Kier molecular flexibility index (Phi) is 4.68. The highest BCUT2D eigenvalue weighted by molar-refractivity contribution is 7.65. The molecule has 0 aromatic heterocycles. The van der Waals surface area contributed by atoms with E-state index in [1.54, 1.807) is 37.3 Å². The maximum absolute atomic E-state index is 12.3. The Morgan fingerprint density at radius 1 is 1.44 bits per heavy atom. The number of benzene rings is 1. The largest absolute Gasteiger partial charge is 0.480 e. The van der Waals surface area contributed by atoms with Gasteiger partial charge in [0.25, 0.3) is 7.52 Å². The van der Waals surface area contributed by atoms with E-state index in [4.69, 9.17) is 9.63 Å². The van der Waals surface area contributed by atoms with Gasteiger partial charge in [-0.25, -0.2) is 5.09 Å². The number of nitrogens with one attached hydrogen (secondary N) is 1. The summed E-state index contributed by atoms with van der Waals surface area (Å²) in [6.45, 7) is 1.56. The number of carbonyl (C=O) groups is 1. The quantitative estimate of drug-likeness (QED) is 0.734. The van der Waals surface area contributed by atoms with Crippen LogP contribution in [0.1, 0.15) is 6.92 Å². The highest BCUT2D eigenvalue weighted by atomic mass is 31.2. The van der Waals surface area contributed by atoms with Crippen molar-refractivity contribution < 1.29 is 19.0 Å². The maximum Gasteiger partial charge on any atom is 0.317 e. The van der Waals surface area contributed by atoms with Crippen LogP contribution in [-0.4, -0.2) is 24.2 Å². The van der Waals surface area contributed by atoms with Crippen LogP contribution in [0.25, 0.3) is 0 Å². The summed E-state index contributed by atoms with van der Waals surface area (Å²) >= 11 is 0. The third-order valence-corrected chi connectivity index (χ3v) is 4.02. The van der Waals surface area contributed by atoms with Gasteiger partial charge in [-0.15, -0.1) is 0 Å². The molecule has 0 radical (unpaired) electrons. The van der Waals surface area contributed by atoms with E-state index in [2.05, 4.69) is 5.09 Å². The van der Waals surface area contributed by atoms with E-state index in [-0.39, 0.29) is 6.61 Å². The van der Waals surface area contributed by atoms with Gasteiger partial charge >= 0.3 is 5.97 Å². The Bertz CT molecular complexity index is 393. The minimum Gasteiger partial charge on any atom is -0.480 e. The van der Waals surface area contributed by atoms with E-state index < -0.39 is 20.0 Å². The summed E-state index contributed by atoms with van der Waals surface area (Å²) in [5.41, 5.74) is 0. The van der Waals surface area contributed by atoms with Crippen molar-refractivity contribution >= 4 is 18.8 Å². The molecule has 0 amide bonds. The molecular weight excluding hydrogens is 229 g/mol. The first kappa shape index (κ1) is 12.9. The van der Waals surface area contributed by atoms with Gasteiger partial charge in [-0.1, -0.05) is 18.2 Å². The van der Waals surface area contributed by atoms with Crippen LogP contribution < -0.4 is 10.4 Å². The molecule has 0 aliphatic heterocycles. The highest BCUT2D eigenvalue weighted by Gasteiger charge is 2.25. The molecule has 5 nitrogen and oxygen atoms in total. The van der Waals surface area contributed by atoms with Crippen molar-refractivity contribution in [2.24, 2.45) is 0 Å². The molecule has 88 valence electrons. The zero-order chi connectivity index (χ0) is 12.0. The topological polar surface area (TPSA) is 75.6 Å². The molecule has 1 unspecified atom stereocenters. The fourth-order valence-corrected chi connectivity index (χ4v) is 2.88. The van der Waals surface area contributed by atoms with E-state index >= 15 is 0 Å². The minimum absolute atomic E-state index is 0.249. The average Bonchev–Trinajstić information content (AvgIpc) is 2.28. The summed E-state index contributed by atoms with van der Waals surface area (Å²) in [7, 11) is -3.26. The third-order valence-electron chi connectivity index (χ3n) is 1.85. The van der Waals surface area contributed by atoms with Crippen molar-refractivity contribution in [2.45, 2.75) is 6.92 Å². The Morgan fingerprint density at radius 2 is 2.06 bits per heavy atom. The molecule has 1 aromatic carbocycles. The summed E-state index contributed by atoms with van der Waals surface area (Å²) < 4.78 is 17.5. The molecule has 16 heavy (non-hydrogen) atoms. The molecule has 1 atom stereocenters. The van der Waals surface area contributed by atoms with Gasteiger partial charge in [0, 0.05) is 0 Å². The van der Waals surface area contributed by atoms with Crippen molar-refractivity contribution in [2.75, 3.05) is 13.2 Å². The summed E-state index contributed by atoms with van der Waals surface area (Å²) in [4.78, 5) is 10.4. The molecule has 0 saturated carbocycles. The third kappa shape index (κ3) is 3.45. The number of carboxylic acids is 1. The second-order valence-corrected chi connectivity index (χ2v) is 5.23. The second-order valence-electron chi connectivity index (χ2n) is 3.03. The van der Waals surface area contributed by atoms with Gasteiger partial charge in [0.2, 0.25) is 0 Å². The normalized spacial score (nSPS) is 14.3. The molecular formula is C10H14NO4P. The van der Waals surface area contributed by atoms with Gasteiger partial charge in [-0.3, -0.25) is 9.36 Å². The summed E-state index contributed by atoms with van der Waals surface area (Å²) in [5, 5.41) is 11.5. The highest BCUT2D eigenvalue weighted by Crippen LogP contribution is 2.40. The maximum atomic E-state index is 12.3. The van der Waals surface area contributed by atoms with Crippen molar-refractivity contribution in [3.8, 4) is 0 Å². The fourth-order valence-electron chi connectivity index (χ4n) is 1.19. The Balaban J connectivity index is 2.88. The molecule has 0 saturated heterocycles. The fraction of sp³-hybridized carbons (Fsp3) is 0.300. The first-order chi connectivity index (χ1) is 7.58. The minimum atomic E-state index is -3.26. The molecule has 0 bridgehead atoms. The smallest absolute Gasteiger partial charge is 0.317 e. The van der Waals surface area contributed by atoms with E-state index in [1.807, 2.05) is 0 Å². The lowest BCUT2D eigenvalue weighted by Crippen LogP contribution is -2.26. The second kappa shape index (κ2) is 5.80. The van der Waals surface area contributed by atoms with E-state index in [0.29, 0.717) is 5.30 Å². The van der Waals surface area contributed by atoms with Crippen LogP contribution in [0.5, 0.6) is 0 Å². The predicted octanol–water partition coefficient (Wildman–Crippen LogP) is 1.22. The lowest BCUT2D eigenvalue weighted by molar-refractivity contribution is -0.135. The SMILES string of the molecule is CCOP(=O)(NCC(=O)O)c1ccccc1. The van der Waals surface area contributed by atoms with Crippen LogP contribution in [0, 0.1) is 0 Å². The molecule has 0 aliphatic carbocycles. The summed E-state index contributed by atoms with van der Waals surface area (Å²) in [6, 6.07) is 8.53. The molecule has 0 spiro atoms. The van der Waals surface area contributed by atoms with Crippen LogP contribution in [0.3, 0.4) is 0 Å². The van der Waals surface area contributed by atoms with Crippen molar-refractivity contribution in [3.63, 3.8) is 0 Å². The molecule has 2 N–H and O–H groups in total. The first-order valence-electron chi connectivity index (χ1n) is 4.85. The van der Waals surface area contributed by atoms with Gasteiger partial charge in [0.05, 0.1) is 11.9 Å². The van der Waals surface area contributed by atoms with Crippen LogP contribution >= 0.6 is 7.52 Å². The van der Waals surface area contributed by atoms with Crippen LogP contribution in [-0.2, 0) is 13.9 Å². The Morgan fingerprint density at radius 3 is 2.56 bits per heavy atom. The Hall–Kier alpha value is -1.16. The van der Waals surface area contributed by atoms with Gasteiger partial charge < -0.3 is 9.63 Å². The van der Waals surface area contributed by atoms with Crippen molar-refractivity contribution in [1.82, 2.24) is 5.09 Å². The number of rotatable bonds is 6. The molecule has 0 aliphatic rings. The molecule has 1 rings (SSSR count). The molecule has 6 heteroatoms. The lowest BCUT2D eigenvalue weighted by atomic mass is 10.4. The zero-order valence-electron chi connectivity index (χ0n) is 8.92. The number of hydrogen-bond acceptors (Lipinski definition) is 3. The van der Waals surface area contributed by atoms with Crippen molar-refractivity contribution in [3.05, 3.63) is 30.3 Å². The van der Waals surface area contributed by atoms with Gasteiger partial charge in [0.1, 0.15) is 6.54 Å². The molecule has 1 aromatic rings. The van der Waals surface area contributed by atoms with E-state index in [1.165, 1.54) is 0 Å². The lowest BCUT2D eigenvalue weighted by Gasteiger charge is -2.17. The Labute approximate surface area is 93.9 Å². The van der Waals surface area contributed by atoms with Gasteiger partial charge in [-0.05, 0) is 19.1 Å². The van der Waals surface area contributed by atoms with E-state index in [0.717, 1.165) is 0 Å². The van der Waals surface area contributed by atoms with Crippen molar-refractivity contribution in [1.29, 1.82) is 0 Å². The summed E-state index contributed by atoms with van der Waals surface area (Å²) in [5.74, 6) is -1.07. The van der Waals surface area contributed by atoms with E-state index in [9.17, 15) is 9.36 Å². The molecule has 0 heterocycles. The van der Waals surface area contributed by atoms with Gasteiger partial charge in [0.15, 0.2) is 0 Å². The predicted molar refractivity (Wildman–Crippen MR) is 60.9 cm³/mol. The zero-order valence-corrected chi connectivity index (χ0v) is 9.81.